The van der Waals surface area contributed by atoms with Crippen molar-refractivity contribution < 1.29 is 21.6 Å². The second-order valence-corrected chi connectivity index (χ2v) is 10.3. The monoisotopic (exact) mass is 359 g/mol. The van der Waals surface area contributed by atoms with Crippen LogP contribution in [0.15, 0.2) is 9.59 Å². The quantitative estimate of drug-likeness (QED) is 0.795. The van der Waals surface area contributed by atoms with Crippen LogP contribution in [0.4, 0.5) is 0 Å². The maximum atomic E-state index is 12.0. The first kappa shape index (κ1) is 17.4. The van der Waals surface area contributed by atoms with Gasteiger partial charge in [-0.2, -0.15) is 0 Å². The molecule has 114 valence electrons. The molecule has 10 heteroatoms. The molecule has 0 fully saturated rings. The van der Waals surface area contributed by atoms with Crippen molar-refractivity contribution in [2.45, 2.75) is 24.1 Å². The van der Waals surface area contributed by atoms with E-state index in [-0.39, 0.29) is 21.1 Å². The molecule has 20 heavy (non-hydrogen) atoms. The lowest BCUT2D eigenvalue weighted by Gasteiger charge is -2.12. The Bertz CT molecular complexity index is 720. The summed E-state index contributed by atoms with van der Waals surface area (Å²) in [7, 11) is -1.85. The molecule has 0 bridgehead atoms. The zero-order valence-corrected chi connectivity index (χ0v) is 14.2. The molecule has 1 aromatic rings. The van der Waals surface area contributed by atoms with Crippen molar-refractivity contribution in [3.63, 3.8) is 0 Å². The Morgan fingerprint density at radius 3 is 2.35 bits per heavy atom. The maximum Gasteiger partial charge on any atom is 0.271 e. The van der Waals surface area contributed by atoms with Gasteiger partial charge in [0.15, 0.2) is 0 Å². The first-order valence-electron chi connectivity index (χ1n) is 5.43. The largest absolute Gasteiger partial charge is 0.349 e. The van der Waals surface area contributed by atoms with Crippen LogP contribution in [0.2, 0.25) is 0 Å². The SMILES string of the molecule is Cc1c(C(=O)NC(C)CS(C)(=O)=O)csc1S(=O)(=O)Cl. The first-order valence-corrected chi connectivity index (χ1v) is 10.7. The molecule has 1 rings (SSSR count). The van der Waals surface area contributed by atoms with Crippen LogP contribution in [0.1, 0.15) is 22.8 Å². The van der Waals surface area contributed by atoms with Gasteiger partial charge < -0.3 is 5.32 Å². The van der Waals surface area contributed by atoms with Crippen LogP contribution in [-0.2, 0) is 18.9 Å². The summed E-state index contributed by atoms with van der Waals surface area (Å²) in [5, 5.41) is 3.89. The number of amides is 1. The normalized spacial score (nSPS) is 14.0. The van der Waals surface area contributed by atoms with Gasteiger partial charge in [0, 0.05) is 28.4 Å². The van der Waals surface area contributed by atoms with Crippen molar-refractivity contribution in [2.75, 3.05) is 12.0 Å². The van der Waals surface area contributed by atoms with Crippen LogP contribution in [0.25, 0.3) is 0 Å². The lowest BCUT2D eigenvalue weighted by molar-refractivity contribution is 0.0943. The smallest absolute Gasteiger partial charge is 0.271 e. The Labute approximate surface area is 126 Å². The number of rotatable bonds is 5. The molecule has 0 radical (unpaired) electrons. The summed E-state index contributed by atoms with van der Waals surface area (Å²) in [6.45, 7) is 3.03. The van der Waals surface area contributed by atoms with Crippen LogP contribution in [0.3, 0.4) is 0 Å². The lowest BCUT2D eigenvalue weighted by Crippen LogP contribution is -2.37. The molecule has 6 nitrogen and oxygen atoms in total. The second-order valence-electron chi connectivity index (χ2n) is 4.47. The Hall–Kier alpha value is -0.640. The molecule has 0 saturated heterocycles. The van der Waals surface area contributed by atoms with E-state index >= 15 is 0 Å². The molecule has 1 aromatic heterocycles. The molecule has 0 aromatic carbocycles. The summed E-state index contributed by atoms with van der Waals surface area (Å²) in [4.78, 5) is 12.0. The van der Waals surface area contributed by atoms with Crippen molar-refractivity contribution in [1.82, 2.24) is 5.32 Å². The van der Waals surface area contributed by atoms with E-state index in [0.29, 0.717) is 0 Å². The van der Waals surface area contributed by atoms with E-state index in [0.717, 1.165) is 17.6 Å². The average Bonchev–Trinajstić information content (AvgIpc) is 2.55. The Morgan fingerprint density at radius 1 is 1.40 bits per heavy atom. The molecular weight excluding hydrogens is 346 g/mol. The predicted octanol–water partition coefficient (Wildman–Crippen LogP) is 1.15. The van der Waals surface area contributed by atoms with Crippen LogP contribution >= 0.6 is 22.0 Å². The average molecular weight is 360 g/mol. The molecular formula is C10H14ClNO5S3. The van der Waals surface area contributed by atoms with Gasteiger partial charge in [0.2, 0.25) is 0 Å². The predicted molar refractivity (Wildman–Crippen MR) is 78.7 cm³/mol. The van der Waals surface area contributed by atoms with Crippen LogP contribution in [0.5, 0.6) is 0 Å². The van der Waals surface area contributed by atoms with Gasteiger partial charge in [-0.25, -0.2) is 16.8 Å². The van der Waals surface area contributed by atoms with Gasteiger partial charge in [0.05, 0.1) is 11.3 Å². The fourth-order valence-corrected chi connectivity index (χ4v) is 5.20. The number of thiophene rings is 1. The van der Waals surface area contributed by atoms with Crippen LogP contribution in [-0.4, -0.2) is 40.8 Å². The number of sulfone groups is 1. The minimum atomic E-state index is -3.89. The molecule has 1 unspecified atom stereocenters. The van der Waals surface area contributed by atoms with Crippen molar-refractivity contribution in [3.8, 4) is 0 Å². The fraction of sp³-hybridized carbons (Fsp3) is 0.500. The number of hydrogen-bond acceptors (Lipinski definition) is 6. The molecule has 1 amide bonds. The van der Waals surface area contributed by atoms with Crippen molar-refractivity contribution >= 4 is 46.8 Å². The first-order chi connectivity index (χ1) is 8.92. The number of hydrogen-bond donors (Lipinski definition) is 1. The molecule has 0 aliphatic carbocycles. The molecule has 1 heterocycles. The van der Waals surface area contributed by atoms with Crippen molar-refractivity contribution in [2.24, 2.45) is 0 Å². The van der Waals surface area contributed by atoms with Gasteiger partial charge in [0.25, 0.3) is 15.0 Å². The van der Waals surface area contributed by atoms with Crippen LogP contribution < -0.4 is 5.32 Å². The molecule has 0 aliphatic rings. The summed E-state index contributed by atoms with van der Waals surface area (Å²) < 4.78 is 44.7. The van der Waals surface area contributed by atoms with E-state index in [1.165, 1.54) is 12.3 Å². The van der Waals surface area contributed by atoms with Gasteiger partial charge >= 0.3 is 0 Å². The molecule has 0 saturated carbocycles. The standard InChI is InChI=1S/C10H14ClNO5S3/c1-6(5-19(3,14)15)12-9(13)8-4-18-10(7(8)2)20(11,16)17/h4,6H,5H2,1-3H3,(H,12,13). The minimum absolute atomic E-state index is 0.0833. The Morgan fingerprint density at radius 2 is 1.95 bits per heavy atom. The second kappa shape index (κ2) is 6.00. The van der Waals surface area contributed by atoms with Crippen LogP contribution in [0, 0.1) is 6.92 Å². The summed E-state index contributed by atoms with van der Waals surface area (Å²) in [5.74, 6) is -0.718. The molecule has 1 N–H and O–H groups in total. The molecule has 0 spiro atoms. The highest BCUT2D eigenvalue weighted by Crippen LogP contribution is 2.29. The van der Waals surface area contributed by atoms with Gasteiger partial charge in [-0.05, 0) is 19.4 Å². The highest BCUT2D eigenvalue weighted by atomic mass is 35.7. The van der Waals surface area contributed by atoms with Crippen molar-refractivity contribution in [3.05, 3.63) is 16.5 Å². The van der Waals surface area contributed by atoms with E-state index in [4.69, 9.17) is 10.7 Å². The summed E-state index contributed by atoms with van der Waals surface area (Å²) in [5.41, 5.74) is 0.434. The Balaban J connectivity index is 2.93. The van der Waals surface area contributed by atoms with Gasteiger partial charge in [-0.3, -0.25) is 4.79 Å². The maximum absolute atomic E-state index is 12.0. The zero-order valence-electron chi connectivity index (χ0n) is 11.0. The number of carbonyl (C=O) groups excluding carboxylic acids is 1. The lowest BCUT2D eigenvalue weighted by atomic mass is 10.2. The minimum Gasteiger partial charge on any atom is -0.349 e. The molecule has 1 atom stereocenters. The third-order valence-electron chi connectivity index (χ3n) is 2.39. The number of carbonyl (C=O) groups is 1. The van der Waals surface area contributed by atoms with E-state index in [1.807, 2.05) is 0 Å². The molecule has 0 aliphatic heterocycles. The van der Waals surface area contributed by atoms with E-state index in [2.05, 4.69) is 5.32 Å². The number of halogens is 1. The Kier molecular flexibility index (Phi) is 5.23. The van der Waals surface area contributed by atoms with E-state index < -0.39 is 30.8 Å². The zero-order chi connectivity index (χ0) is 15.7. The van der Waals surface area contributed by atoms with Gasteiger partial charge in [-0.15, -0.1) is 11.3 Å². The van der Waals surface area contributed by atoms with Crippen molar-refractivity contribution in [1.29, 1.82) is 0 Å². The van der Waals surface area contributed by atoms with Gasteiger partial charge in [0.1, 0.15) is 14.0 Å². The third kappa shape index (κ3) is 4.72. The number of nitrogens with one attached hydrogen (secondary N) is 1. The van der Waals surface area contributed by atoms with E-state index in [9.17, 15) is 21.6 Å². The van der Waals surface area contributed by atoms with E-state index in [1.54, 1.807) is 6.92 Å². The van der Waals surface area contributed by atoms with Gasteiger partial charge in [-0.1, -0.05) is 0 Å². The summed E-state index contributed by atoms with van der Waals surface area (Å²) >= 11 is 0.853. The third-order valence-corrected chi connectivity index (χ3v) is 6.80. The summed E-state index contributed by atoms with van der Waals surface area (Å²) in [6.07, 6.45) is 1.07. The summed E-state index contributed by atoms with van der Waals surface area (Å²) in [6, 6.07) is -0.576. The topological polar surface area (TPSA) is 97.4 Å². The fourth-order valence-electron chi connectivity index (χ4n) is 1.66. The highest BCUT2D eigenvalue weighted by molar-refractivity contribution is 8.15. The highest BCUT2D eigenvalue weighted by Gasteiger charge is 2.23.